The fraction of sp³-hybridized carbons (Fsp3) is 0.381. The molecule has 0 bridgehead atoms. The van der Waals surface area contributed by atoms with E-state index in [1.54, 1.807) is 26.6 Å². The van der Waals surface area contributed by atoms with E-state index in [4.69, 9.17) is 9.47 Å². The molecule has 1 aliphatic carbocycles. The minimum absolute atomic E-state index is 0.211. The first-order valence-electron chi connectivity index (χ1n) is 9.25. The maximum absolute atomic E-state index is 12.6. The first kappa shape index (κ1) is 19.7. The predicted octanol–water partition coefficient (Wildman–Crippen LogP) is 1.85. The number of nitrogens with one attached hydrogen (secondary N) is 2. The van der Waals surface area contributed by atoms with Crippen LogP contribution in [-0.2, 0) is 22.6 Å². The van der Waals surface area contributed by atoms with Gasteiger partial charge in [-0.15, -0.1) is 0 Å². The molecule has 0 atom stereocenters. The van der Waals surface area contributed by atoms with Gasteiger partial charge in [-0.2, -0.15) is 0 Å². The van der Waals surface area contributed by atoms with Gasteiger partial charge >= 0.3 is 0 Å². The normalized spacial score (nSPS) is 14.1. The lowest BCUT2D eigenvalue weighted by Crippen LogP contribution is -2.43. The molecule has 0 aliphatic heterocycles. The zero-order valence-corrected chi connectivity index (χ0v) is 16.2. The van der Waals surface area contributed by atoms with Crippen molar-refractivity contribution in [1.29, 1.82) is 0 Å². The molecule has 0 radical (unpaired) electrons. The number of ether oxygens (including phenoxy) is 2. The average molecular weight is 383 g/mol. The van der Waals surface area contributed by atoms with Gasteiger partial charge in [-0.3, -0.25) is 14.6 Å². The molecule has 1 saturated carbocycles. The lowest BCUT2D eigenvalue weighted by molar-refractivity contribution is -0.137. The van der Waals surface area contributed by atoms with Crippen molar-refractivity contribution in [3.05, 3.63) is 53.9 Å². The summed E-state index contributed by atoms with van der Waals surface area (Å²) in [7, 11) is 3.18. The maximum atomic E-state index is 12.6. The monoisotopic (exact) mass is 383 g/mol. The van der Waals surface area contributed by atoms with Crippen molar-refractivity contribution in [2.75, 3.05) is 20.8 Å². The summed E-state index contributed by atoms with van der Waals surface area (Å²) in [5.41, 5.74) is 0.990. The van der Waals surface area contributed by atoms with Gasteiger partial charge in [0, 0.05) is 25.5 Å². The van der Waals surface area contributed by atoms with Crippen LogP contribution < -0.4 is 20.1 Å². The summed E-state index contributed by atoms with van der Waals surface area (Å²) in [4.78, 5) is 29.1. The summed E-state index contributed by atoms with van der Waals surface area (Å²) < 4.78 is 10.5. The van der Waals surface area contributed by atoms with Gasteiger partial charge in [0.1, 0.15) is 5.41 Å². The Hall–Kier alpha value is -3.09. The summed E-state index contributed by atoms with van der Waals surface area (Å²) in [6, 6.07) is 9.36. The Morgan fingerprint density at radius 2 is 1.79 bits per heavy atom. The molecule has 7 nitrogen and oxygen atoms in total. The molecule has 3 rings (SSSR count). The van der Waals surface area contributed by atoms with Gasteiger partial charge in [-0.25, -0.2) is 0 Å². The summed E-state index contributed by atoms with van der Waals surface area (Å²) in [6.45, 7) is 0.819. The highest BCUT2D eigenvalue weighted by Crippen LogP contribution is 2.46. The number of benzene rings is 1. The summed E-state index contributed by atoms with van der Waals surface area (Å²) >= 11 is 0. The molecule has 0 saturated heterocycles. The molecule has 1 heterocycles. The van der Waals surface area contributed by atoms with Gasteiger partial charge in [0.15, 0.2) is 11.5 Å². The van der Waals surface area contributed by atoms with Gasteiger partial charge in [-0.1, -0.05) is 12.1 Å². The third-order valence-corrected chi connectivity index (χ3v) is 4.94. The molecule has 1 aliphatic rings. The second-order valence-electron chi connectivity index (χ2n) is 6.82. The fourth-order valence-electron chi connectivity index (χ4n) is 3.06. The first-order valence-corrected chi connectivity index (χ1v) is 9.25. The van der Waals surface area contributed by atoms with E-state index in [0.29, 0.717) is 43.9 Å². The molecule has 0 unspecified atom stereocenters. The largest absolute Gasteiger partial charge is 0.493 e. The molecule has 0 spiro atoms. The van der Waals surface area contributed by atoms with Crippen molar-refractivity contribution < 1.29 is 19.1 Å². The number of methoxy groups -OCH3 is 2. The summed E-state index contributed by atoms with van der Waals surface area (Å²) in [6.07, 6.45) is 5.17. The van der Waals surface area contributed by atoms with Crippen molar-refractivity contribution in [2.24, 2.45) is 5.41 Å². The smallest absolute Gasteiger partial charge is 0.235 e. The lowest BCUT2D eigenvalue weighted by Gasteiger charge is -2.16. The molecule has 1 fully saturated rings. The molecular weight excluding hydrogens is 358 g/mol. The number of hydrogen-bond acceptors (Lipinski definition) is 5. The Bertz CT molecular complexity index is 835. The highest BCUT2D eigenvalue weighted by atomic mass is 16.5. The number of rotatable bonds is 9. The Morgan fingerprint density at radius 3 is 2.43 bits per heavy atom. The number of pyridine rings is 1. The lowest BCUT2D eigenvalue weighted by atomic mass is 10.0. The second-order valence-corrected chi connectivity index (χ2v) is 6.82. The molecule has 2 amide bonds. The Kier molecular flexibility index (Phi) is 6.13. The first-order chi connectivity index (χ1) is 13.6. The average Bonchev–Trinajstić information content (AvgIpc) is 3.54. The van der Waals surface area contributed by atoms with Crippen molar-refractivity contribution in [2.45, 2.75) is 25.8 Å². The molecule has 2 aromatic rings. The SMILES string of the molecule is COc1ccc(CCNC(=O)C2(C(=O)NCc3cccnc3)CC2)cc1OC. The molecule has 1 aromatic heterocycles. The van der Waals surface area contributed by atoms with Gasteiger partial charge in [0.25, 0.3) is 0 Å². The van der Waals surface area contributed by atoms with E-state index in [9.17, 15) is 9.59 Å². The Balaban J connectivity index is 1.49. The fourth-order valence-corrected chi connectivity index (χ4v) is 3.06. The van der Waals surface area contributed by atoms with Crippen LogP contribution in [0.5, 0.6) is 11.5 Å². The molecular formula is C21H25N3O4. The van der Waals surface area contributed by atoms with Crippen LogP contribution in [0.3, 0.4) is 0 Å². The number of amides is 2. The van der Waals surface area contributed by atoms with Gasteiger partial charge < -0.3 is 20.1 Å². The quantitative estimate of drug-likeness (QED) is 0.645. The number of hydrogen-bond donors (Lipinski definition) is 2. The third-order valence-electron chi connectivity index (χ3n) is 4.94. The second kappa shape index (κ2) is 8.73. The van der Waals surface area contributed by atoms with Gasteiger partial charge in [0.05, 0.1) is 14.2 Å². The maximum Gasteiger partial charge on any atom is 0.235 e. The van der Waals surface area contributed by atoms with Crippen LogP contribution in [0.1, 0.15) is 24.0 Å². The van der Waals surface area contributed by atoms with E-state index >= 15 is 0 Å². The van der Waals surface area contributed by atoms with Crippen molar-refractivity contribution in [1.82, 2.24) is 15.6 Å². The minimum atomic E-state index is -0.931. The van der Waals surface area contributed by atoms with E-state index < -0.39 is 5.41 Å². The Morgan fingerprint density at radius 1 is 1.04 bits per heavy atom. The molecule has 1 aromatic carbocycles. The number of carbonyl (C=O) groups excluding carboxylic acids is 2. The standard InChI is InChI=1S/C21H25N3O4/c1-27-17-6-5-15(12-18(17)28-2)7-11-23-19(25)21(8-9-21)20(26)24-14-16-4-3-10-22-13-16/h3-6,10,12-13H,7-9,11,14H2,1-2H3,(H,23,25)(H,24,26). The van der Waals surface area contributed by atoms with Crippen LogP contribution in [0.4, 0.5) is 0 Å². The highest BCUT2D eigenvalue weighted by Gasteiger charge is 2.56. The number of aromatic nitrogens is 1. The van der Waals surface area contributed by atoms with Crippen molar-refractivity contribution >= 4 is 11.8 Å². The van der Waals surface area contributed by atoms with Gasteiger partial charge in [-0.05, 0) is 48.6 Å². The van der Waals surface area contributed by atoms with Crippen molar-refractivity contribution in [3.8, 4) is 11.5 Å². The molecule has 2 N–H and O–H groups in total. The summed E-state index contributed by atoms with van der Waals surface area (Å²) in [5, 5.41) is 5.74. The third kappa shape index (κ3) is 4.42. The van der Waals surface area contributed by atoms with Crippen LogP contribution in [0.2, 0.25) is 0 Å². The van der Waals surface area contributed by atoms with Crippen LogP contribution in [0.25, 0.3) is 0 Å². The predicted molar refractivity (Wildman–Crippen MR) is 104 cm³/mol. The van der Waals surface area contributed by atoms with Crippen molar-refractivity contribution in [3.63, 3.8) is 0 Å². The van der Waals surface area contributed by atoms with E-state index in [0.717, 1.165) is 11.1 Å². The molecule has 28 heavy (non-hydrogen) atoms. The van der Waals surface area contributed by atoms with E-state index in [1.165, 1.54) is 0 Å². The zero-order chi connectivity index (χ0) is 20.0. The van der Waals surface area contributed by atoms with E-state index in [2.05, 4.69) is 15.6 Å². The summed E-state index contributed by atoms with van der Waals surface area (Å²) in [5.74, 6) is 0.883. The van der Waals surface area contributed by atoms with Crippen LogP contribution in [0.15, 0.2) is 42.7 Å². The molecule has 7 heteroatoms. The molecule has 148 valence electrons. The highest BCUT2D eigenvalue weighted by molar-refractivity contribution is 6.07. The zero-order valence-electron chi connectivity index (χ0n) is 16.2. The number of nitrogens with zero attached hydrogens (tertiary/aromatic N) is 1. The van der Waals surface area contributed by atoms with Gasteiger partial charge in [0.2, 0.25) is 11.8 Å². The van der Waals surface area contributed by atoms with Crippen LogP contribution >= 0.6 is 0 Å². The van der Waals surface area contributed by atoms with Crippen LogP contribution in [0, 0.1) is 5.41 Å². The number of carbonyl (C=O) groups is 2. The van der Waals surface area contributed by atoms with E-state index in [1.807, 2.05) is 30.3 Å². The van der Waals surface area contributed by atoms with E-state index in [-0.39, 0.29) is 11.8 Å². The minimum Gasteiger partial charge on any atom is -0.493 e. The van der Waals surface area contributed by atoms with Crippen LogP contribution in [-0.4, -0.2) is 37.6 Å². The topological polar surface area (TPSA) is 89.5 Å². The Labute approximate surface area is 164 Å².